The van der Waals surface area contributed by atoms with E-state index in [-0.39, 0.29) is 11.8 Å². The van der Waals surface area contributed by atoms with Crippen LogP contribution in [0.25, 0.3) is 0 Å². The Balaban J connectivity index is 3.13. The Labute approximate surface area is 338 Å². The van der Waals surface area contributed by atoms with Gasteiger partial charge in [0.1, 0.15) is 0 Å². The molecule has 0 aromatic heterocycles. The summed E-state index contributed by atoms with van der Waals surface area (Å²) in [6, 6.07) is 0. The van der Waals surface area contributed by atoms with Crippen molar-refractivity contribution in [2.24, 2.45) is 11.5 Å². The molecule has 318 valence electrons. The van der Waals surface area contributed by atoms with Crippen LogP contribution >= 0.6 is 0 Å². The molecule has 2 amide bonds. The second kappa shape index (κ2) is 47.6. The molecule has 54 heavy (non-hydrogen) atoms. The van der Waals surface area contributed by atoms with Gasteiger partial charge in [-0.3, -0.25) is 9.59 Å². The molecular formula is C50H96N2O2. The van der Waals surface area contributed by atoms with Crippen LogP contribution in [0, 0.1) is 0 Å². The second-order valence-corrected chi connectivity index (χ2v) is 17.0. The Hall–Kier alpha value is -1.58. The van der Waals surface area contributed by atoms with Crippen molar-refractivity contribution in [3.05, 3.63) is 24.3 Å². The van der Waals surface area contributed by atoms with Gasteiger partial charge in [-0.15, -0.1) is 0 Å². The van der Waals surface area contributed by atoms with Crippen LogP contribution in [0.2, 0.25) is 0 Å². The smallest absolute Gasteiger partial charge is 0.217 e. The number of hydrogen-bond acceptors (Lipinski definition) is 2. The summed E-state index contributed by atoms with van der Waals surface area (Å²) in [4.78, 5) is 21.5. The third-order valence-electron chi connectivity index (χ3n) is 11.4. The van der Waals surface area contributed by atoms with Gasteiger partial charge in [-0.2, -0.15) is 0 Å². The fourth-order valence-electron chi connectivity index (χ4n) is 7.78. The van der Waals surface area contributed by atoms with Crippen molar-refractivity contribution in [3.63, 3.8) is 0 Å². The van der Waals surface area contributed by atoms with Crippen LogP contribution in [0.1, 0.15) is 283 Å². The SMILES string of the molecule is NC(=O)CCCCCCCCCCC/C=C\CCCCCCCCCCCCCCCCCCCCCC/C=C\CCCCCCCCCCCC(N)=O. The van der Waals surface area contributed by atoms with Crippen molar-refractivity contribution in [1.82, 2.24) is 0 Å². The monoisotopic (exact) mass is 757 g/mol. The van der Waals surface area contributed by atoms with E-state index in [0.29, 0.717) is 12.8 Å². The topological polar surface area (TPSA) is 86.2 Å². The van der Waals surface area contributed by atoms with Crippen molar-refractivity contribution < 1.29 is 9.59 Å². The number of nitrogens with two attached hydrogens (primary N) is 2. The molecule has 0 unspecified atom stereocenters. The van der Waals surface area contributed by atoms with E-state index in [4.69, 9.17) is 11.5 Å². The standard InChI is InChI=1S/C50H96N2O2/c51-49(53)47-45-43-41-39-37-35-33-31-29-27-25-23-21-19-17-15-13-11-9-7-5-3-1-2-4-6-8-10-12-14-16-18-20-22-24-26-28-30-32-34-36-38-40-42-44-46-48-50(52)54/h23-26H,1-22,27-48H2,(H2,51,53)(H2,52,54)/b25-23-,26-24-. The molecule has 0 aromatic carbocycles. The summed E-state index contributed by atoms with van der Waals surface area (Å²) in [6.07, 6.45) is 67.8. The van der Waals surface area contributed by atoms with Gasteiger partial charge in [0.25, 0.3) is 0 Å². The first-order valence-corrected chi connectivity index (χ1v) is 24.5. The quantitative estimate of drug-likeness (QED) is 0.0478. The summed E-state index contributed by atoms with van der Waals surface area (Å²) in [7, 11) is 0. The number of hydrogen-bond donors (Lipinski definition) is 2. The van der Waals surface area contributed by atoms with E-state index < -0.39 is 0 Å². The van der Waals surface area contributed by atoms with Gasteiger partial charge in [0.2, 0.25) is 11.8 Å². The van der Waals surface area contributed by atoms with Gasteiger partial charge in [-0.05, 0) is 64.2 Å². The Bertz CT molecular complexity index is 740. The van der Waals surface area contributed by atoms with E-state index in [2.05, 4.69) is 24.3 Å². The predicted molar refractivity (Wildman–Crippen MR) is 240 cm³/mol. The minimum atomic E-state index is -0.155. The van der Waals surface area contributed by atoms with Gasteiger partial charge in [0.05, 0.1) is 0 Å². The van der Waals surface area contributed by atoms with Crippen LogP contribution in [0.15, 0.2) is 24.3 Å². The summed E-state index contributed by atoms with van der Waals surface area (Å²) < 4.78 is 0. The lowest BCUT2D eigenvalue weighted by Gasteiger charge is -2.04. The molecule has 0 spiro atoms. The number of carbonyl (C=O) groups is 2. The van der Waals surface area contributed by atoms with Gasteiger partial charge in [-0.1, -0.05) is 230 Å². The van der Waals surface area contributed by atoms with Crippen molar-refractivity contribution in [3.8, 4) is 0 Å². The van der Waals surface area contributed by atoms with Crippen molar-refractivity contribution in [2.75, 3.05) is 0 Å². The lowest BCUT2D eigenvalue weighted by atomic mass is 10.0. The minimum absolute atomic E-state index is 0.155. The third kappa shape index (κ3) is 50.4. The van der Waals surface area contributed by atoms with Crippen LogP contribution in [0.4, 0.5) is 0 Å². The molecule has 4 nitrogen and oxygen atoms in total. The molecule has 0 aliphatic carbocycles. The largest absolute Gasteiger partial charge is 0.370 e. The maximum Gasteiger partial charge on any atom is 0.217 e. The number of unbranched alkanes of at least 4 members (excludes halogenated alkanes) is 39. The average molecular weight is 757 g/mol. The molecule has 0 aromatic rings. The molecule has 0 saturated carbocycles. The molecular weight excluding hydrogens is 661 g/mol. The van der Waals surface area contributed by atoms with Crippen LogP contribution in [-0.4, -0.2) is 11.8 Å². The van der Waals surface area contributed by atoms with E-state index in [9.17, 15) is 9.59 Å². The highest BCUT2D eigenvalue weighted by Crippen LogP contribution is 2.17. The lowest BCUT2D eigenvalue weighted by Crippen LogP contribution is -2.09. The normalized spacial score (nSPS) is 11.8. The molecule has 0 radical (unpaired) electrons. The van der Waals surface area contributed by atoms with E-state index in [1.807, 2.05) is 0 Å². The van der Waals surface area contributed by atoms with Gasteiger partial charge >= 0.3 is 0 Å². The van der Waals surface area contributed by atoms with Crippen molar-refractivity contribution in [2.45, 2.75) is 283 Å². The summed E-state index contributed by atoms with van der Waals surface area (Å²) in [5.74, 6) is -0.310. The fourth-order valence-corrected chi connectivity index (χ4v) is 7.78. The van der Waals surface area contributed by atoms with Crippen molar-refractivity contribution in [1.29, 1.82) is 0 Å². The molecule has 0 saturated heterocycles. The first-order chi connectivity index (χ1) is 26.6. The zero-order chi connectivity index (χ0) is 39.1. The number of rotatable bonds is 47. The maximum atomic E-state index is 10.7. The van der Waals surface area contributed by atoms with E-state index in [1.54, 1.807) is 0 Å². The molecule has 0 bridgehead atoms. The van der Waals surface area contributed by atoms with Gasteiger partial charge in [0, 0.05) is 12.8 Å². The highest BCUT2D eigenvalue weighted by molar-refractivity contribution is 5.73. The predicted octanol–water partition coefficient (Wildman–Crippen LogP) is 16.2. The van der Waals surface area contributed by atoms with E-state index in [0.717, 1.165) is 25.7 Å². The third-order valence-corrected chi connectivity index (χ3v) is 11.4. The number of allylic oxidation sites excluding steroid dienone is 4. The molecule has 0 heterocycles. The van der Waals surface area contributed by atoms with Gasteiger partial charge in [-0.25, -0.2) is 0 Å². The van der Waals surface area contributed by atoms with Crippen LogP contribution in [-0.2, 0) is 9.59 Å². The molecule has 0 rings (SSSR count). The number of primary amides is 2. The summed E-state index contributed by atoms with van der Waals surface area (Å²) >= 11 is 0. The van der Waals surface area contributed by atoms with Crippen molar-refractivity contribution >= 4 is 11.8 Å². The minimum Gasteiger partial charge on any atom is -0.370 e. The Morgan fingerprint density at radius 1 is 0.222 bits per heavy atom. The highest BCUT2D eigenvalue weighted by atomic mass is 16.1. The lowest BCUT2D eigenvalue weighted by molar-refractivity contribution is -0.119. The number of carbonyl (C=O) groups excluding carboxylic acids is 2. The fraction of sp³-hybridized carbons (Fsp3) is 0.880. The molecule has 4 heteroatoms. The van der Waals surface area contributed by atoms with Gasteiger partial charge in [0.15, 0.2) is 0 Å². The summed E-state index contributed by atoms with van der Waals surface area (Å²) in [6.45, 7) is 0. The molecule has 0 fully saturated rings. The average Bonchev–Trinajstić information content (AvgIpc) is 3.15. The Morgan fingerprint density at radius 3 is 0.500 bits per heavy atom. The Morgan fingerprint density at radius 2 is 0.352 bits per heavy atom. The van der Waals surface area contributed by atoms with E-state index in [1.165, 1.54) is 244 Å². The summed E-state index contributed by atoms with van der Waals surface area (Å²) in [5.41, 5.74) is 10.4. The maximum absolute atomic E-state index is 10.7. The first kappa shape index (κ1) is 52.4. The molecule has 0 aliphatic rings. The van der Waals surface area contributed by atoms with Crippen LogP contribution in [0.5, 0.6) is 0 Å². The van der Waals surface area contributed by atoms with E-state index >= 15 is 0 Å². The van der Waals surface area contributed by atoms with Crippen LogP contribution in [0.3, 0.4) is 0 Å². The summed E-state index contributed by atoms with van der Waals surface area (Å²) in [5, 5.41) is 0. The van der Waals surface area contributed by atoms with Gasteiger partial charge < -0.3 is 11.5 Å². The molecule has 4 N–H and O–H groups in total. The highest BCUT2D eigenvalue weighted by Gasteiger charge is 1.98. The van der Waals surface area contributed by atoms with Crippen LogP contribution < -0.4 is 11.5 Å². The zero-order valence-electron chi connectivity index (χ0n) is 36.4. The molecule has 0 aliphatic heterocycles. The zero-order valence-corrected chi connectivity index (χ0v) is 36.4. The second-order valence-electron chi connectivity index (χ2n) is 17.0. The Kier molecular flexibility index (Phi) is 46.2. The first-order valence-electron chi connectivity index (χ1n) is 24.5. The molecule has 0 atom stereocenters. The number of amides is 2.